The smallest absolute Gasteiger partial charge is 0.262 e. The van der Waals surface area contributed by atoms with E-state index in [1.54, 1.807) is 11.7 Å². The average Bonchev–Trinajstić information content (AvgIpc) is 3.10. The lowest BCUT2D eigenvalue weighted by atomic mass is 10.4. The zero-order valence-corrected chi connectivity index (χ0v) is 12.9. The predicted octanol–water partition coefficient (Wildman–Crippen LogP) is 1.68. The molecule has 3 heterocycles. The molecule has 0 spiro atoms. The Bertz CT molecular complexity index is 862. The number of H-pyrrole nitrogens is 1. The van der Waals surface area contributed by atoms with Crippen LogP contribution >= 0.6 is 23.3 Å². The molecule has 1 N–H and O–H groups in total. The van der Waals surface area contributed by atoms with Gasteiger partial charge in [-0.05, 0) is 24.4 Å². The molecular weight excluding hydrogens is 308 g/mol. The van der Waals surface area contributed by atoms with Crippen molar-refractivity contribution in [2.45, 2.75) is 29.7 Å². The summed E-state index contributed by atoms with van der Waals surface area (Å²) in [5.41, 5.74) is 0.434. The van der Waals surface area contributed by atoms with E-state index in [0.717, 1.165) is 10.8 Å². The van der Waals surface area contributed by atoms with Gasteiger partial charge in [0.1, 0.15) is 16.2 Å². The van der Waals surface area contributed by atoms with E-state index in [-0.39, 0.29) is 5.56 Å². The van der Waals surface area contributed by atoms with E-state index in [2.05, 4.69) is 24.4 Å². The van der Waals surface area contributed by atoms with E-state index in [1.165, 1.54) is 42.3 Å². The number of hydrogen-bond acceptors (Lipinski definition) is 7. The van der Waals surface area contributed by atoms with Crippen LogP contribution in [-0.2, 0) is 12.8 Å². The highest BCUT2D eigenvalue weighted by atomic mass is 32.2. The van der Waals surface area contributed by atoms with Gasteiger partial charge in [0, 0.05) is 13.0 Å². The van der Waals surface area contributed by atoms with Gasteiger partial charge < -0.3 is 4.98 Å². The molecule has 1 saturated carbocycles. The molecule has 0 aliphatic heterocycles. The van der Waals surface area contributed by atoms with E-state index in [4.69, 9.17) is 0 Å². The van der Waals surface area contributed by atoms with Gasteiger partial charge in [-0.1, -0.05) is 11.8 Å². The molecule has 0 aromatic carbocycles. The van der Waals surface area contributed by atoms with Crippen molar-refractivity contribution in [3.05, 3.63) is 27.4 Å². The molecule has 9 heteroatoms. The number of aromatic nitrogens is 6. The van der Waals surface area contributed by atoms with Gasteiger partial charge in [-0.15, -0.1) is 0 Å². The second-order valence-corrected chi connectivity index (χ2v) is 6.79. The zero-order chi connectivity index (χ0) is 14.4. The third kappa shape index (κ3) is 2.46. The first-order valence-electron chi connectivity index (χ1n) is 6.58. The molecule has 0 atom stereocenters. The summed E-state index contributed by atoms with van der Waals surface area (Å²) >= 11 is 2.89. The van der Waals surface area contributed by atoms with E-state index < -0.39 is 0 Å². The van der Waals surface area contributed by atoms with Crippen LogP contribution in [0.5, 0.6) is 0 Å². The molecule has 3 aromatic heterocycles. The molecule has 0 bridgehead atoms. The van der Waals surface area contributed by atoms with Gasteiger partial charge in [-0.3, -0.25) is 9.48 Å². The molecule has 108 valence electrons. The first-order valence-corrected chi connectivity index (χ1v) is 8.34. The lowest BCUT2D eigenvalue weighted by Crippen LogP contribution is -2.09. The molecular formula is C12H12N6OS2. The highest BCUT2D eigenvalue weighted by Crippen LogP contribution is 2.39. The van der Waals surface area contributed by atoms with E-state index in [1.807, 2.05) is 0 Å². The minimum atomic E-state index is -0.161. The number of aromatic amines is 1. The Kier molecular flexibility index (Phi) is 3.03. The lowest BCUT2D eigenvalue weighted by Gasteiger charge is -1.99. The van der Waals surface area contributed by atoms with Crippen molar-refractivity contribution in [1.29, 1.82) is 0 Å². The molecule has 0 radical (unpaired) electrons. The van der Waals surface area contributed by atoms with Crippen molar-refractivity contribution in [2.75, 3.05) is 0 Å². The SMILES string of the molecule is Cn1ncc2c(=O)[nH]c(SCc3nc(C4CC4)ns3)nc21. The average molecular weight is 320 g/mol. The Morgan fingerprint density at radius 2 is 2.33 bits per heavy atom. The summed E-state index contributed by atoms with van der Waals surface area (Å²) in [6, 6.07) is 0. The molecule has 1 aliphatic carbocycles. The maximum absolute atomic E-state index is 11.9. The van der Waals surface area contributed by atoms with Gasteiger partial charge in [0.05, 0.1) is 11.9 Å². The van der Waals surface area contributed by atoms with Crippen molar-refractivity contribution in [2.24, 2.45) is 7.05 Å². The maximum atomic E-state index is 11.9. The van der Waals surface area contributed by atoms with Crippen molar-refractivity contribution < 1.29 is 0 Å². The first-order chi connectivity index (χ1) is 10.2. The van der Waals surface area contributed by atoms with Gasteiger partial charge >= 0.3 is 0 Å². The summed E-state index contributed by atoms with van der Waals surface area (Å²) in [7, 11) is 1.77. The number of hydrogen-bond donors (Lipinski definition) is 1. The van der Waals surface area contributed by atoms with Gasteiger partial charge in [-0.2, -0.15) is 9.47 Å². The highest BCUT2D eigenvalue weighted by molar-refractivity contribution is 7.98. The largest absolute Gasteiger partial charge is 0.301 e. The first kappa shape index (κ1) is 13.0. The van der Waals surface area contributed by atoms with Gasteiger partial charge in [-0.25, -0.2) is 9.97 Å². The van der Waals surface area contributed by atoms with Gasteiger partial charge in [0.2, 0.25) is 0 Å². The number of aryl methyl sites for hydroxylation is 1. The zero-order valence-electron chi connectivity index (χ0n) is 11.2. The minimum absolute atomic E-state index is 0.161. The van der Waals surface area contributed by atoms with Crippen LogP contribution in [-0.4, -0.2) is 29.1 Å². The highest BCUT2D eigenvalue weighted by Gasteiger charge is 2.27. The topological polar surface area (TPSA) is 89.4 Å². The summed E-state index contributed by atoms with van der Waals surface area (Å²) in [6.45, 7) is 0. The predicted molar refractivity (Wildman–Crippen MR) is 80.6 cm³/mol. The molecule has 7 nitrogen and oxygen atoms in total. The fraction of sp³-hybridized carbons (Fsp3) is 0.417. The number of thioether (sulfide) groups is 1. The van der Waals surface area contributed by atoms with Crippen LogP contribution in [0.15, 0.2) is 16.1 Å². The number of rotatable bonds is 4. The Morgan fingerprint density at radius 3 is 3.14 bits per heavy atom. The lowest BCUT2D eigenvalue weighted by molar-refractivity contribution is 0.776. The van der Waals surface area contributed by atoms with Crippen LogP contribution in [0, 0.1) is 0 Å². The summed E-state index contributed by atoms with van der Waals surface area (Å²) in [5.74, 6) is 2.21. The molecule has 0 unspecified atom stereocenters. The fourth-order valence-corrected chi connectivity index (χ4v) is 3.60. The maximum Gasteiger partial charge on any atom is 0.262 e. The fourth-order valence-electron chi connectivity index (χ4n) is 2.04. The van der Waals surface area contributed by atoms with Crippen LogP contribution in [0.4, 0.5) is 0 Å². The standard InChI is InChI=1S/C12H12N6OS2/c1-18-10-7(4-13-18)11(19)16-12(15-10)20-5-8-14-9(17-21-8)6-2-3-6/h4,6H,2-3,5H2,1H3,(H,15,16,19). The second kappa shape index (κ2) is 4.92. The van der Waals surface area contributed by atoms with Crippen LogP contribution in [0.2, 0.25) is 0 Å². The van der Waals surface area contributed by atoms with E-state index >= 15 is 0 Å². The molecule has 3 aromatic rings. The van der Waals surface area contributed by atoms with Crippen molar-refractivity contribution in [3.8, 4) is 0 Å². The Hall–Kier alpha value is -1.74. The van der Waals surface area contributed by atoms with Crippen molar-refractivity contribution in [1.82, 2.24) is 29.1 Å². The molecule has 4 rings (SSSR count). The quantitative estimate of drug-likeness (QED) is 0.581. The Balaban J connectivity index is 1.55. The third-order valence-electron chi connectivity index (χ3n) is 3.34. The number of fused-ring (bicyclic) bond motifs is 1. The molecule has 1 aliphatic rings. The normalized spacial score (nSPS) is 14.9. The summed E-state index contributed by atoms with van der Waals surface area (Å²) in [5, 5.41) is 6.11. The van der Waals surface area contributed by atoms with Crippen LogP contribution in [0.1, 0.15) is 29.6 Å². The minimum Gasteiger partial charge on any atom is -0.301 e. The molecule has 1 fully saturated rings. The Labute approximate surface area is 128 Å². The summed E-state index contributed by atoms with van der Waals surface area (Å²) in [6.07, 6.45) is 3.94. The second-order valence-electron chi connectivity index (χ2n) is 4.99. The van der Waals surface area contributed by atoms with Gasteiger partial charge in [0.25, 0.3) is 5.56 Å². The van der Waals surface area contributed by atoms with E-state index in [0.29, 0.717) is 27.9 Å². The number of nitrogens with one attached hydrogen (secondary N) is 1. The monoisotopic (exact) mass is 320 g/mol. The van der Waals surface area contributed by atoms with Crippen LogP contribution in [0.25, 0.3) is 11.0 Å². The number of nitrogens with zero attached hydrogens (tertiary/aromatic N) is 5. The van der Waals surface area contributed by atoms with Crippen LogP contribution < -0.4 is 5.56 Å². The van der Waals surface area contributed by atoms with E-state index in [9.17, 15) is 4.79 Å². The van der Waals surface area contributed by atoms with Gasteiger partial charge in [0.15, 0.2) is 10.8 Å². The molecule has 21 heavy (non-hydrogen) atoms. The molecule has 0 saturated heterocycles. The summed E-state index contributed by atoms with van der Waals surface area (Å²) < 4.78 is 5.98. The summed E-state index contributed by atoms with van der Waals surface area (Å²) in [4.78, 5) is 23.7. The van der Waals surface area contributed by atoms with Crippen LogP contribution in [0.3, 0.4) is 0 Å². The third-order valence-corrected chi connectivity index (χ3v) is 5.13. The Morgan fingerprint density at radius 1 is 1.48 bits per heavy atom. The van der Waals surface area contributed by atoms with Crippen molar-refractivity contribution >= 4 is 34.3 Å². The van der Waals surface area contributed by atoms with Crippen molar-refractivity contribution in [3.63, 3.8) is 0 Å². The molecule has 0 amide bonds.